The normalized spacial score (nSPS) is 19.1. The Morgan fingerprint density at radius 3 is 3.26 bits per heavy atom. The lowest BCUT2D eigenvalue weighted by Crippen LogP contribution is -2.29. The second-order valence-corrected chi connectivity index (χ2v) is 5.16. The highest BCUT2D eigenvalue weighted by Gasteiger charge is 2.14. The van der Waals surface area contributed by atoms with Crippen LogP contribution >= 0.6 is 0 Å². The maximum atomic E-state index is 4.61. The molecule has 0 unspecified atom stereocenters. The second-order valence-electron chi connectivity index (χ2n) is 5.16. The Hall–Kier alpha value is -1.62. The number of aromatic nitrogens is 3. The fraction of sp³-hybridized carbons (Fsp3) is 0.571. The van der Waals surface area contributed by atoms with Gasteiger partial charge >= 0.3 is 0 Å². The molecule has 3 heterocycles. The molecule has 1 aliphatic rings. The monoisotopic (exact) mass is 259 g/mol. The summed E-state index contributed by atoms with van der Waals surface area (Å²) in [6.45, 7) is 4.27. The minimum atomic E-state index is 0.577. The van der Waals surface area contributed by atoms with Crippen molar-refractivity contribution in [1.82, 2.24) is 19.9 Å². The highest BCUT2D eigenvalue weighted by atomic mass is 15.3. The average Bonchev–Trinajstić information content (AvgIpc) is 3.07. The van der Waals surface area contributed by atoms with Crippen LogP contribution in [0.4, 0.5) is 5.82 Å². The third kappa shape index (κ3) is 2.71. The molecule has 1 atom stereocenters. The van der Waals surface area contributed by atoms with Crippen LogP contribution in [0.15, 0.2) is 18.3 Å². The molecule has 2 aromatic rings. The van der Waals surface area contributed by atoms with Crippen molar-refractivity contribution in [2.45, 2.75) is 38.6 Å². The zero-order valence-corrected chi connectivity index (χ0v) is 11.4. The van der Waals surface area contributed by atoms with E-state index in [0.29, 0.717) is 6.04 Å². The van der Waals surface area contributed by atoms with Crippen LogP contribution in [-0.2, 0) is 6.42 Å². The predicted molar refractivity (Wildman–Crippen MR) is 76.5 cm³/mol. The summed E-state index contributed by atoms with van der Waals surface area (Å²) in [4.78, 5) is 4.61. The zero-order chi connectivity index (χ0) is 13.1. The first-order chi connectivity index (χ1) is 9.36. The van der Waals surface area contributed by atoms with Crippen molar-refractivity contribution in [3.63, 3.8) is 0 Å². The molecule has 19 heavy (non-hydrogen) atoms. The van der Waals surface area contributed by atoms with Gasteiger partial charge in [-0.2, -0.15) is 9.61 Å². The SMILES string of the molecule is CCCc1cc(NC[C@@H]2CCCN2)n2nccc2n1. The van der Waals surface area contributed by atoms with E-state index in [9.17, 15) is 0 Å². The van der Waals surface area contributed by atoms with Crippen LogP contribution < -0.4 is 10.6 Å². The minimum absolute atomic E-state index is 0.577. The first-order valence-corrected chi connectivity index (χ1v) is 7.17. The van der Waals surface area contributed by atoms with Crippen LogP contribution in [0.2, 0.25) is 0 Å². The number of anilines is 1. The molecule has 0 bridgehead atoms. The van der Waals surface area contributed by atoms with E-state index in [1.165, 1.54) is 12.8 Å². The first-order valence-electron chi connectivity index (χ1n) is 7.17. The Morgan fingerprint density at radius 1 is 1.53 bits per heavy atom. The molecule has 0 radical (unpaired) electrons. The molecule has 1 aliphatic heterocycles. The molecular weight excluding hydrogens is 238 g/mol. The summed E-state index contributed by atoms with van der Waals surface area (Å²) in [6, 6.07) is 4.66. The van der Waals surface area contributed by atoms with Crippen LogP contribution in [-0.4, -0.2) is 33.7 Å². The van der Waals surface area contributed by atoms with E-state index in [-0.39, 0.29) is 0 Å². The lowest BCUT2D eigenvalue weighted by atomic mass is 10.2. The lowest BCUT2D eigenvalue weighted by Gasteiger charge is -2.14. The third-order valence-electron chi connectivity index (χ3n) is 3.61. The summed E-state index contributed by atoms with van der Waals surface area (Å²) in [5.74, 6) is 1.05. The van der Waals surface area contributed by atoms with Gasteiger partial charge in [0.25, 0.3) is 0 Å². The summed E-state index contributed by atoms with van der Waals surface area (Å²) in [5.41, 5.74) is 2.06. The largest absolute Gasteiger partial charge is 0.368 e. The zero-order valence-electron chi connectivity index (χ0n) is 11.4. The molecule has 0 amide bonds. The summed E-state index contributed by atoms with van der Waals surface area (Å²) < 4.78 is 1.88. The van der Waals surface area contributed by atoms with Crippen molar-refractivity contribution in [2.75, 3.05) is 18.4 Å². The molecular formula is C14H21N5. The number of aryl methyl sites for hydroxylation is 1. The van der Waals surface area contributed by atoms with Gasteiger partial charge in [0.1, 0.15) is 5.82 Å². The van der Waals surface area contributed by atoms with Crippen LogP contribution in [0.3, 0.4) is 0 Å². The predicted octanol–water partition coefficient (Wildman–Crippen LogP) is 1.85. The number of nitrogens with zero attached hydrogens (tertiary/aromatic N) is 3. The number of hydrogen-bond acceptors (Lipinski definition) is 4. The van der Waals surface area contributed by atoms with Crippen LogP contribution in [0.1, 0.15) is 31.9 Å². The van der Waals surface area contributed by atoms with E-state index >= 15 is 0 Å². The maximum Gasteiger partial charge on any atom is 0.157 e. The van der Waals surface area contributed by atoms with Crippen molar-refractivity contribution in [3.8, 4) is 0 Å². The molecule has 0 spiro atoms. The molecule has 5 heteroatoms. The maximum absolute atomic E-state index is 4.61. The standard InChI is InChI=1S/C14H21N5/c1-2-4-11-9-14(16-10-12-5-3-7-15-12)19-13(18-11)6-8-17-19/h6,8-9,12,15-16H,2-5,7,10H2,1H3/t12-/m0/s1. The molecule has 3 rings (SSSR count). The highest BCUT2D eigenvalue weighted by molar-refractivity contribution is 5.49. The van der Waals surface area contributed by atoms with E-state index in [1.54, 1.807) is 6.20 Å². The molecule has 0 aliphatic carbocycles. The van der Waals surface area contributed by atoms with E-state index in [0.717, 1.165) is 43.1 Å². The Labute approximate surface area is 113 Å². The van der Waals surface area contributed by atoms with Crippen LogP contribution in [0, 0.1) is 0 Å². The molecule has 0 saturated carbocycles. The van der Waals surface area contributed by atoms with Gasteiger partial charge in [-0.05, 0) is 25.8 Å². The van der Waals surface area contributed by atoms with Gasteiger partial charge in [0, 0.05) is 30.4 Å². The van der Waals surface area contributed by atoms with Gasteiger partial charge in [-0.1, -0.05) is 13.3 Å². The Morgan fingerprint density at radius 2 is 2.47 bits per heavy atom. The van der Waals surface area contributed by atoms with Crippen molar-refractivity contribution in [1.29, 1.82) is 0 Å². The van der Waals surface area contributed by atoms with Crippen molar-refractivity contribution < 1.29 is 0 Å². The van der Waals surface area contributed by atoms with Gasteiger partial charge in [-0.25, -0.2) is 4.98 Å². The Balaban J connectivity index is 1.80. The second kappa shape index (κ2) is 5.57. The van der Waals surface area contributed by atoms with Crippen molar-refractivity contribution in [3.05, 3.63) is 24.0 Å². The van der Waals surface area contributed by atoms with Gasteiger partial charge in [0.15, 0.2) is 5.65 Å². The Kier molecular flexibility index (Phi) is 3.64. The topological polar surface area (TPSA) is 54.2 Å². The highest BCUT2D eigenvalue weighted by Crippen LogP contribution is 2.14. The minimum Gasteiger partial charge on any atom is -0.368 e. The fourth-order valence-electron chi connectivity index (χ4n) is 2.63. The quantitative estimate of drug-likeness (QED) is 0.860. The van der Waals surface area contributed by atoms with E-state index < -0.39 is 0 Å². The smallest absolute Gasteiger partial charge is 0.157 e. The summed E-state index contributed by atoms with van der Waals surface area (Å²) >= 11 is 0. The molecule has 1 saturated heterocycles. The number of nitrogens with one attached hydrogen (secondary N) is 2. The van der Waals surface area contributed by atoms with E-state index in [2.05, 4.69) is 33.7 Å². The molecule has 5 nitrogen and oxygen atoms in total. The van der Waals surface area contributed by atoms with Gasteiger partial charge in [-0.3, -0.25) is 0 Å². The van der Waals surface area contributed by atoms with Gasteiger partial charge < -0.3 is 10.6 Å². The molecule has 1 fully saturated rings. The fourth-order valence-corrected chi connectivity index (χ4v) is 2.63. The molecule has 0 aromatic carbocycles. The van der Waals surface area contributed by atoms with Gasteiger partial charge in [0.2, 0.25) is 0 Å². The van der Waals surface area contributed by atoms with E-state index in [4.69, 9.17) is 0 Å². The Bertz CT molecular complexity index is 542. The summed E-state index contributed by atoms with van der Waals surface area (Å²) in [5, 5.41) is 11.3. The van der Waals surface area contributed by atoms with Crippen molar-refractivity contribution >= 4 is 11.5 Å². The lowest BCUT2D eigenvalue weighted by molar-refractivity contribution is 0.630. The third-order valence-corrected chi connectivity index (χ3v) is 3.61. The molecule has 102 valence electrons. The summed E-state index contributed by atoms with van der Waals surface area (Å²) in [7, 11) is 0. The van der Waals surface area contributed by atoms with Gasteiger partial charge in [-0.15, -0.1) is 0 Å². The van der Waals surface area contributed by atoms with Crippen LogP contribution in [0.25, 0.3) is 5.65 Å². The molecule has 2 aromatic heterocycles. The average molecular weight is 259 g/mol. The summed E-state index contributed by atoms with van der Waals surface area (Å²) in [6.07, 6.45) is 6.46. The molecule has 2 N–H and O–H groups in total. The first kappa shape index (κ1) is 12.4. The number of fused-ring (bicyclic) bond motifs is 1. The number of hydrogen-bond donors (Lipinski definition) is 2. The van der Waals surface area contributed by atoms with Crippen molar-refractivity contribution in [2.24, 2.45) is 0 Å². The van der Waals surface area contributed by atoms with Gasteiger partial charge in [0.05, 0.1) is 6.20 Å². The van der Waals surface area contributed by atoms with E-state index in [1.807, 2.05) is 10.6 Å². The van der Waals surface area contributed by atoms with Crippen LogP contribution in [0.5, 0.6) is 0 Å². The number of rotatable bonds is 5.